The predicted molar refractivity (Wildman–Crippen MR) is 93.8 cm³/mol. The maximum absolute atomic E-state index is 12.5. The Morgan fingerprint density at radius 2 is 1.79 bits per heavy atom. The summed E-state index contributed by atoms with van der Waals surface area (Å²) < 4.78 is 5.18. The minimum Gasteiger partial charge on any atom is -0.465 e. The van der Waals surface area contributed by atoms with Crippen LogP contribution in [-0.2, 0) is 14.3 Å². The molecular weight excluding hydrogens is 306 g/mol. The molecule has 2 saturated heterocycles. The van der Waals surface area contributed by atoms with Gasteiger partial charge in [0.1, 0.15) is 6.04 Å². The number of piperidine rings is 1. The van der Waals surface area contributed by atoms with Crippen LogP contribution in [0.1, 0.15) is 46.5 Å². The molecular formula is C18H33N3O3. The molecule has 2 rings (SSSR count). The summed E-state index contributed by atoms with van der Waals surface area (Å²) in [6.07, 6.45) is 4.25. The van der Waals surface area contributed by atoms with Crippen LogP contribution in [0.2, 0.25) is 0 Å². The van der Waals surface area contributed by atoms with Gasteiger partial charge in [0, 0.05) is 38.8 Å². The van der Waals surface area contributed by atoms with E-state index in [1.807, 2.05) is 18.7 Å². The zero-order chi connectivity index (χ0) is 17.5. The predicted octanol–water partition coefficient (Wildman–Crippen LogP) is 1.35. The van der Waals surface area contributed by atoms with Crippen LogP contribution in [-0.4, -0.2) is 84.5 Å². The average Bonchev–Trinajstić information content (AvgIpc) is 2.57. The molecule has 0 aromatic rings. The molecule has 0 aliphatic carbocycles. The van der Waals surface area contributed by atoms with Gasteiger partial charge < -0.3 is 9.64 Å². The quantitative estimate of drug-likeness (QED) is 0.684. The van der Waals surface area contributed by atoms with Crippen molar-refractivity contribution >= 4 is 11.9 Å². The van der Waals surface area contributed by atoms with Crippen molar-refractivity contribution in [1.82, 2.24) is 14.7 Å². The highest BCUT2D eigenvalue weighted by Crippen LogP contribution is 2.17. The molecule has 2 fully saturated rings. The Morgan fingerprint density at radius 1 is 1.08 bits per heavy atom. The Balaban J connectivity index is 1.79. The van der Waals surface area contributed by atoms with Crippen molar-refractivity contribution in [2.75, 3.05) is 45.9 Å². The number of nitrogens with zero attached hydrogens (tertiary/aromatic N) is 3. The highest BCUT2D eigenvalue weighted by Gasteiger charge is 2.30. The first-order valence-electron chi connectivity index (χ1n) is 9.49. The Morgan fingerprint density at radius 3 is 2.38 bits per heavy atom. The first-order valence-corrected chi connectivity index (χ1v) is 9.49. The minimum atomic E-state index is -0.148. The number of carbonyl (C=O) groups is 2. The number of carbonyl (C=O) groups excluding carboxylic acids is 2. The molecule has 138 valence electrons. The smallest absolute Gasteiger partial charge is 0.323 e. The maximum Gasteiger partial charge on any atom is 0.323 e. The second kappa shape index (κ2) is 9.37. The lowest BCUT2D eigenvalue weighted by Gasteiger charge is -2.39. The summed E-state index contributed by atoms with van der Waals surface area (Å²) in [6, 6.07) is 0.228. The number of rotatable bonds is 6. The number of hydrogen-bond donors (Lipinski definition) is 0. The van der Waals surface area contributed by atoms with Gasteiger partial charge in [-0.1, -0.05) is 6.92 Å². The summed E-state index contributed by atoms with van der Waals surface area (Å²) in [7, 11) is 0. The van der Waals surface area contributed by atoms with Gasteiger partial charge in [0.05, 0.1) is 13.2 Å². The average molecular weight is 339 g/mol. The lowest BCUT2D eigenvalue weighted by Crippen LogP contribution is -2.55. The lowest BCUT2D eigenvalue weighted by atomic mass is 10.0. The largest absolute Gasteiger partial charge is 0.465 e. The molecule has 2 unspecified atom stereocenters. The van der Waals surface area contributed by atoms with Gasteiger partial charge in [0.25, 0.3) is 0 Å². The van der Waals surface area contributed by atoms with E-state index in [2.05, 4.69) is 16.7 Å². The van der Waals surface area contributed by atoms with Crippen LogP contribution in [0.4, 0.5) is 0 Å². The van der Waals surface area contributed by atoms with Crippen molar-refractivity contribution in [3.63, 3.8) is 0 Å². The SMILES string of the molecule is CCOC(=O)C(CC)N1CCN(CC(=O)N2CCCCC2C)CC1. The van der Waals surface area contributed by atoms with E-state index in [1.54, 1.807) is 0 Å². The van der Waals surface area contributed by atoms with E-state index in [9.17, 15) is 9.59 Å². The van der Waals surface area contributed by atoms with Gasteiger partial charge in [0.15, 0.2) is 0 Å². The number of hydrogen-bond acceptors (Lipinski definition) is 5. The van der Waals surface area contributed by atoms with E-state index >= 15 is 0 Å². The molecule has 24 heavy (non-hydrogen) atoms. The third-order valence-corrected chi connectivity index (χ3v) is 5.28. The summed E-state index contributed by atoms with van der Waals surface area (Å²) in [6.45, 7) is 11.2. The second-order valence-corrected chi connectivity index (χ2v) is 6.92. The third kappa shape index (κ3) is 4.93. The first-order chi connectivity index (χ1) is 11.6. The molecule has 0 bridgehead atoms. The zero-order valence-electron chi connectivity index (χ0n) is 15.5. The Kier molecular flexibility index (Phi) is 7.49. The van der Waals surface area contributed by atoms with E-state index in [1.165, 1.54) is 6.42 Å². The van der Waals surface area contributed by atoms with Crippen LogP contribution in [0.25, 0.3) is 0 Å². The number of piperazine rings is 1. The molecule has 2 aliphatic heterocycles. The third-order valence-electron chi connectivity index (χ3n) is 5.28. The molecule has 6 heteroatoms. The van der Waals surface area contributed by atoms with Crippen LogP contribution >= 0.6 is 0 Å². The van der Waals surface area contributed by atoms with Gasteiger partial charge in [-0.05, 0) is 39.5 Å². The Bertz CT molecular complexity index is 422. The highest BCUT2D eigenvalue weighted by molar-refractivity contribution is 5.78. The Labute approximate surface area is 146 Å². The fourth-order valence-corrected chi connectivity index (χ4v) is 3.80. The van der Waals surface area contributed by atoms with Crippen molar-refractivity contribution < 1.29 is 14.3 Å². The van der Waals surface area contributed by atoms with Crippen molar-refractivity contribution in [2.24, 2.45) is 0 Å². The summed E-state index contributed by atoms with van der Waals surface area (Å²) in [4.78, 5) is 31.0. The van der Waals surface area contributed by atoms with E-state index in [0.29, 0.717) is 19.2 Å². The molecule has 2 heterocycles. The van der Waals surface area contributed by atoms with Crippen molar-refractivity contribution in [2.45, 2.75) is 58.5 Å². The van der Waals surface area contributed by atoms with Gasteiger partial charge in [0.2, 0.25) is 5.91 Å². The summed E-state index contributed by atoms with van der Waals surface area (Å²) >= 11 is 0. The molecule has 0 radical (unpaired) electrons. The topological polar surface area (TPSA) is 53.1 Å². The highest BCUT2D eigenvalue weighted by atomic mass is 16.5. The van der Waals surface area contributed by atoms with Crippen LogP contribution in [0.15, 0.2) is 0 Å². The normalized spacial score (nSPS) is 24.6. The molecule has 0 spiro atoms. The van der Waals surface area contributed by atoms with Gasteiger partial charge in [-0.2, -0.15) is 0 Å². The van der Waals surface area contributed by atoms with Gasteiger partial charge in [-0.3, -0.25) is 19.4 Å². The molecule has 0 N–H and O–H groups in total. The fourth-order valence-electron chi connectivity index (χ4n) is 3.80. The van der Waals surface area contributed by atoms with Crippen molar-refractivity contribution in [1.29, 1.82) is 0 Å². The minimum absolute atomic E-state index is 0.119. The van der Waals surface area contributed by atoms with Crippen LogP contribution < -0.4 is 0 Å². The molecule has 6 nitrogen and oxygen atoms in total. The van der Waals surface area contributed by atoms with Crippen LogP contribution in [0.5, 0.6) is 0 Å². The molecule has 2 aliphatic rings. The summed E-state index contributed by atoms with van der Waals surface area (Å²) in [5.74, 6) is 0.139. The second-order valence-electron chi connectivity index (χ2n) is 6.92. The van der Waals surface area contributed by atoms with Crippen LogP contribution in [0, 0.1) is 0 Å². The number of ether oxygens (including phenoxy) is 1. The molecule has 2 atom stereocenters. The van der Waals surface area contributed by atoms with E-state index < -0.39 is 0 Å². The van der Waals surface area contributed by atoms with Gasteiger partial charge >= 0.3 is 5.97 Å². The number of amides is 1. The molecule has 1 amide bonds. The van der Waals surface area contributed by atoms with Crippen molar-refractivity contribution in [3.05, 3.63) is 0 Å². The fraction of sp³-hybridized carbons (Fsp3) is 0.889. The van der Waals surface area contributed by atoms with Gasteiger partial charge in [-0.25, -0.2) is 0 Å². The Hall–Kier alpha value is -1.14. The van der Waals surface area contributed by atoms with E-state index in [0.717, 1.165) is 52.0 Å². The van der Waals surface area contributed by atoms with Crippen molar-refractivity contribution in [3.8, 4) is 0 Å². The summed E-state index contributed by atoms with van der Waals surface area (Å²) in [5, 5.41) is 0. The number of esters is 1. The van der Waals surface area contributed by atoms with Gasteiger partial charge in [-0.15, -0.1) is 0 Å². The molecule has 0 aromatic carbocycles. The van der Waals surface area contributed by atoms with Crippen LogP contribution in [0.3, 0.4) is 0 Å². The van der Waals surface area contributed by atoms with E-state index in [-0.39, 0.29) is 17.9 Å². The summed E-state index contributed by atoms with van der Waals surface area (Å²) in [5.41, 5.74) is 0. The molecule has 0 aromatic heterocycles. The lowest BCUT2D eigenvalue weighted by molar-refractivity contribution is -0.151. The monoisotopic (exact) mass is 339 g/mol. The first kappa shape index (κ1) is 19.2. The number of likely N-dealkylation sites (tertiary alicyclic amines) is 1. The maximum atomic E-state index is 12.5. The standard InChI is InChI=1S/C18H33N3O3/c1-4-16(18(23)24-5-2)20-12-10-19(11-13-20)14-17(22)21-9-7-6-8-15(21)3/h15-16H,4-14H2,1-3H3. The molecule has 0 saturated carbocycles. The zero-order valence-corrected chi connectivity index (χ0v) is 15.5. The van der Waals surface area contributed by atoms with E-state index in [4.69, 9.17) is 4.74 Å².